The second kappa shape index (κ2) is 11.9. The fraction of sp³-hybridized carbons (Fsp3) is 0.258. The van der Waals surface area contributed by atoms with Crippen LogP contribution in [0.2, 0.25) is 0 Å². The van der Waals surface area contributed by atoms with Crippen LogP contribution in [0.1, 0.15) is 33.3 Å². The Kier molecular flexibility index (Phi) is 8.81. The molecule has 5 N–H and O–H groups in total. The highest BCUT2D eigenvalue weighted by Crippen LogP contribution is 2.29. The minimum atomic E-state index is -0.279. The molecule has 3 aromatic rings. The Labute approximate surface area is 230 Å². The fourth-order valence-electron chi connectivity index (χ4n) is 3.81. The van der Waals surface area contributed by atoms with E-state index in [1.807, 2.05) is 50.3 Å². The molecule has 0 aliphatic rings. The van der Waals surface area contributed by atoms with Gasteiger partial charge in [0.2, 0.25) is 0 Å². The van der Waals surface area contributed by atoms with Crippen LogP contribution in [0, 0.1) is 12.3 Å². The number of rotatable bonds is 8. The Bertz CT molecular complexity index is 1520. The average molecular weight is 527 g/mol. The molecule has 8 heteroatoms. The lowest BCUT2D eigenvalue weighted by Gasteiger charge is -2.18. The summed E-state index contributed by atoms with van der Waals surface area (Å²) in [7, 11) is 3.47. The number of carbonyl (C=O) groups is 1. The molecule has 0 aliphatic heterocycles. The molecule has 3 rings (SSSR count). The predicted octanol–water partition coefficient (Wildman–Crippen LogP) is 6.17. The van der Waals surface area contributed by atoms with E-state index in [1.165, 1.54) is 4.57 Å². The number of benzene rings is 2. The van der Waals surface area contributed by atoms with E-state index in [0.717, 1.165) is 22.4 Å². The van der Waals surface area contributed by atoms with Gasteiger partial charge in [0.25, 0.3) is 11.5 Å². The predicted molar refractivity (Wildman–Crippen MR) is 163 cm³/mol. The maximum absolute atomic E-state index is 13.1. The van der Waals surface area contributed by atoms with E-state index in [0.29, 0.717) is 28.3 Å². The van der Waals surface area contributed by atoms with E-state index < -0.39 is 0 Å². The molecular weight excluding hydrogens is 488 g/mol. The van der Waals surface area contributed by atoms with Crippen molar-refractivity contribution in [2.24, 2.45) is 12.5 Å². The molecule has 204 valence electrons. The Morgan fingerprint density at radius 1 is 1.13 bits per heavy atom. The Hall–Kier alpha value is -4.59. The monoisotopic (exact) mass is 526 g/mol. The van der Waals surface area contributed by atoms with Crippen molar-refractivity contribution in [3.8, 4) is 11.3 Å². The zero-order chi connectivity index (χ0) is 28.9. The highest BCUT2D eigenvalue weighted by molar-refractivity contribution is 6.06. The smallest absolute Gasteiger partial charge is 0.293 e. The summed E-state index contributed by atoms with van der Waals surface area (Å²) in [5, 5.41) is 9.12. The number of aryl methyl sites for hydroxylation is 1. The summed E-state index contributed by atoms with van der Waals surface area (Å²) in [5.74, 6) is -0.0602. The van der Waals surface area contributed by atoms with Gasteiger partial charge in [0, 0.05) is 42.8 Å². The first-order valence-corrected chi connectivity index (χ1v) is 12.7. The van der Waals surface area contributed by atoms with Crippen molar-refractivity contribution in [3.05, 3.63) is 94.5 Å². The van der Waals surface area contributed by atoms with Gasteiger partial charge >= 0.3 is 0 Å². The molecule has 2 aromatic carbocycles. The molecule has 0 atom stereocenters. The van der Waals surface area contributed by atoms with Crippen LogP contribution in [-0.2, 0) is 11.8 Å². The van der Waals surface area contributed by atoms with Gasteiger partial charge in [-0.2, -0.15) is 0 Å². The molecule has 0 radical (unpaired) electrons. The first-order valence-electron chi connectivity index (χ1n) is 12.7. The molecule has 0 bridgehead atoms. The van der Waals surface area contributed by atoms with E-state index in [4.69, 9.17) is 5.73 Å². The maximum Gasteiger partial charge on any atom is 0.293 e. The van der Waals surface area contributed by atoms with E-state index in [2.05, 4.69) is 48.3 Å². The van der Waals surface area contributed by atoms with Crippen molar-refractivity contribution in [2.45, 2.75) is 34.6 Å². The van der Waals surface area contributed by atoms with Gasteiger partial charge in [-0.25, -0.2) is 4.98 Å². The number of nitrogens with two attached hydrogens (primary N) is 1. The SMILES string of the molecule is C=C(/C=C\C(=C/C)C(=O)Nc1cccc(-c2cn(C)c(=O)c(Nc3ccc(NC)c(N)c3)n2)c1C)C(C)(C)C. The lowest BCUT2D eigenvalue weighted by atomic mass is 9.87. The summed E-state index contributed by atoms with van der Waals surface area (Å²) in [6.07, 6.45) is 7.10. The minimum Gasteiger partial charge on any atom is -0.397 e. The number of nitrogens with one attached hydrogen (secondary N) is 3. The highest BCUT2D eigenvalue weighted by atomic mass is 16.1. The number of anilines is 5. The number of nitrogens with zero attached hydrogens (tertiary/aromatic N) is 2. The number of carbonyl (C=O) groups excluding carboxylic acids is 1. The van der Waals surface area contributed by atoms with Gasteiger partial charge in [0.15, 0.2) is 5.82 Å². The van der Waals surface area contributed by atoms with E-state index >= 15 is 0 Å². The fourth-order valence-corrected chi connectivity index (χ4v) is 3.81. The third kappa shape index (κ3) is 6.84. The molecule has 0 saturated heterocycles. The van der Waals surface area contributed by atoms with Gasteiger partial charge in [-0.15, -0.1) is 0 Å². The summed E-state index contributed by atoms with van der Waals surface area (Å²) >= 11 is 0. The van der Waals surface area contributed by atoms with Gasteiger partial charge < -0.3 is 26.3 Å². The first-order chi connectivity index (χ1) is 18.3. The third-order valence-corrected chi connectivity index (χ3v) is 6.51. The van der Waals surface area contributed by atoms with Crippen molar-refractivity contribution in [1.82, 2.24) is 9.55 Å². The molecule has 0 aliphatic carbocycles. The molecule has 0 spiro atoms. The van der Waals surface area contributed by atoms with Gasteiger partial charge in [0.1, 0.15) is 0 Å². The number of hydrogen-bond donors (Lipinski definition) is 4. The molecule has 8 nitrogen and oxygen atoms in total. The summed E-state index contributed by atoms with van der Waals surface area (Å²) in [6.45, 7) is 14.1. The summed E-state index contributed by atoms with van der Waals surface area (Å²) in [5.41, 5.74) is 12.0. The minimum absolute atomic E-state index is 0.0873. The van der Waals surface area contributed by atoms with Crippen LogP contribution in [0.25, 0.3) is 11.3 Å². The van der Waals surface area contributed by atoms with Gasteiger partial charge in [0.05, 0.1) is 17.1 Å². The zero-order valence-electron chi connectivity index (χ0n) is 23.8. The third-order valence-electron chi connectivity index (χ3n) is 6.51. The van der Waals surface area contributed by atoms with Gasteiger partial charge in [-0.3, -0.25) is 9.59 Å². The van der Waals surface area contributed by atoms with Crippen LogP contribution in [0.5, 0.6) is 0 Å². The number of amides is 1. The zero-order valence-corrected chi connectivity index (χ0v) is 23.8. The van der Waals surface area contributed by atoms with Crippen LogP contribution >= 0.6 is 0 Å². The highest BCUT2D eigenvalue weighted by Gasteiger charge is 2.16. The second-order valence-electron chi connectivity index (χ2n) is 10.4. The van der Waals surface area contributed by atoms with Crippen LogP contribution in [-0.4, -0.2) is 22.5 Å². The number of nitrogen functional groups attached to an aromatic ring is 1. The van der Waals surface area contributed by atoms with Crippen LogP contribution in [0.15, 0.2) is 83.3 Å². The Morgan fingerprint density at radius 2 is 1.85 bits per heavy atom. The van der Waals surface area contributed by atoms with Gasteiger partial charge in [-0.1, -0.05) is 51.6 Å². The molecule has 0 unspecified atom stereocenters. The van der Waals surface area contributed by atoms with Crippen molar-refractivity contribution >= 4 is 34.5 Å². The lowest BCUT2D eigenvalue weighted by molar-refractivity contribution is -0.112. The quantitative estimate of drug-likeness (QED) is 0.159. The summed E-state index contributed by atoms with van der Waals surface area (Å²) < 4.78 is 1.48. The topological polar surface area (TPSA) is 114 Å². The molecule has 1 aromatic heterocycles. The van der Waals surface area contributed by atoms with Crippen LogP contribution in [0.4, 0.5) is 28.6 Å². The molecule has 1 heterocycles. The van der Waals surface area contributed by atoms with Crippen molar-refractivity contribution in [3.63, 3.8) is 0 Å². The van der Waals surface area contributed by atoms with E-state index in [9.17, 15) is 9.59 Å². The normalized spacial score (nSPS) is 11.9. The molecule has 1 amide bonds. The largest absolute Gasteiger partial charge is 0.397 e. The van der Waals surface area contributed by atoms with E-state index in [-0.39, 0.29) is 22.7 Å². The molecule has 0 saturated carbocycles. The molecule has 0 fully saturated rings. The van der Waals surface area contributed by atoms with E-state index in [1.54, 1.807) is 38.5 Å². The van der Waals surface area contributed by atoms with Crippen LogP contribution in [0.3, 0.4) is 0 Å². The summed E-state index contributed by atoms with van der Waals surface area (Å²) in [4.78, 5) is 30.6. The van der Waals surface area contributed by atoms with Crippen molar-refractivity contribution in [2.75, 3.05) is 28.7 Å². The van der Waals surface area contributed by atoms with Crippen molar-refractivity contribution < 1.29 is 4.79 Å². The average Bonchev–Trinajstić information content (AvgIpc) is 2.87. The Balaban J connectivity index is 1.91. The number of hydrogen-bond acceptors (Lipinski definition) is 6. The Morgan fingerprint density at radius 3 is 2.46 bits per heavy atom. The second-order valence-corrected chi connectivity index (χ2v) is 10.4. The lowest BCUT2D eigenvalue weighted by Crippen LogP contribution is -2.21. The molecular formula is C31H38N6O2. The maximum atomic E-state index is 13.1. The van der Waals surface area contributed by atoms with Crippen molar-refractivity contribution in [1.29, 1.82) is 0 Å². The summed E-state index contributed by atoms with van der Waals surface area (Å²) in [6, 6.07) is 11.0. The standard InChI is InChI=1S/C31H38N6O2/c1-9-21(14-13-19(2)31(4,5)6)29(38)36-25-12-10-11-23(20(25)3)27-18-37(8)30(39)28(35-27)34-22-15-16-26(33-7)24(32)17-22/h9-18,33H,2,32H2,1,3-8H3,(H,34,35)(H,36,38)/b14-13-,21-9+. The van der Waals surface area contributed by atoms with Gasteiger partial charge in [-0.05, 0) is 60.7 Å². The number of aromatic nitrogens is 2. The van der Waals surface area contributed by atoms with Crippen LogP contribution < -0.4 is 27.2 Å². The number of allylic oxidation sites excluding steroid dienone is 3. The molecule has 39 heavy (non-hydrogen) atoms. The first kappa shape index (κ1) is 29.0.